The monoisotopic (exact) mass is 187 g/mol. The quantitative estimate of drug-likeness (QED) is 0.661. The average molecular weight is 187 g/mol. The minimum atomic E-state index is 0.365. The number of imidazole rings is 1. The van der Waals surface area contributed by atoms with Crippen LogP contribution in [0.4, 0.5) is 0 Å². The van der Waals surface area contributed by atoms with Gasteiger partial charge in [0.15, 0.2) is 12.3 Å². The highest BCUT2D eigenvalue weighted by atomic mass is 16.5. The van der Waals surface area contributed by atoms with E-state index in [1.807, 2.05) is 6.07 Å². The van der Waals surface area contributed by atoms with Gasteiger partial charge in [0.1, 0.15) is 0 Å². The van der Waals surface area contributed by atoms with Gasteiger partial charge in [-0.1, -0.05) is 5.92 Å². The van der Waals surface area contributed by atoms with Crippen LogP contribution in [-0.2, 0) is 0 Å². The summed E-state index contributed by atoms with van der Waals surface area (Å²) in [6.45, 7) is 2.14. The summed E-state index contributed by atoms with van der Waals surface area (Å²) in [7, 11) is 0. The summed E-state index contributed by atoms with van der Waals surface area (Å²) in [6.07, 6.45) is 3.46. The Kier molecular flexibility index (Phi) is 2.32. The third-order valence-electron chi connectivity index (χ3n) is 1.70. The molecule has 0 aliphatic heterocycles. The predicted molar refractivity (Wildman–Crippen MR) is 51.9 cm³/mol. The first-order valence-electron chi connectivity index (χ1n) is 4.23. The van der Waals surface area contributed by atoms with Crippen LogP contribution >= 0.6 is 0 Å². The molecule has 4 nitrogen and oxygen atoms in total. The second-order valence-electron chi connectivity index (χ2n) is 2.62. The van der Waals surface area contributed by atoms with E-state index in [9.17, 15) is 0 Å². The lowest BCUT2D eigenvalue weighted by molar-refractivity contribution is 0.349. The smallest absolute Gasteiger partial charge is 0.232 e. The first-order valence-corrected chi connectivity index (χ1v) is 4.23. The summed E-state index contributed by atoms with van der Waals surface area (Å²) in [6, 6.07) is 3.63. The second kappa shape index (κ2) is 3.79. The highest BCUT2D eigenvalue weighted by Gasteiger charge is 1.97. The van der Waals surface area contributed by atoms with Crippen LogP contribution in [0.5, 0.6) is 5.88 Å². The standard InChI is InChI=1S/C10H9N3O/c1-2-3-8-14-10-5-4-9-11-6-7-13(9)12-10/h4-7H,8H2,1H3. The Morgan fingerprint density at radius 3 is 3.29 bits per heavy atom. The Balaban J connectivity index is 2.20. The number of rotatable bonds is 2. The maximum absolute atomic E-state index is 5.29. The minimum Gasteiger partial charge on any atom is -0.463 e. The maximum atomic E-state index is 5.29. The Morgan fingerprint density at radius 1 is 1.50 bits per heavy atom. The van der Waals surface area contributed by atoms with Gasteiger partial charge in [0.25, 0.3) is 0 Å². The van der Waals surface area contributed by atoms with Crippen molar-refractivity contribution < 1.29 is 4.74 Å². The molecule has 2 aromatic heterocycles. The molecule has 0 amide bonds. The van der Waals surface area contributed by atoms with E-state index in [0.29, 0.717) is 12.5 Å². The molecule has 0 N–H and O–H groups in total. The van der Waals surface area contributed by atoms with E-state index in [1.165, 1.54) is 0 Å². The fraction of sp³-hybridized carbons (Fsp3) is 0.200. The topological polar surface area (TPSA) is 39.4 Å². The molecule has 0 atom stereocenters. The van der Waals surface area contributed by atoms with E-state index in [4.69, 9.17) is 4.74 Å². The molecular formula is C10H9N3O. The molecule has 0 spiro atoms. The first-order chi connectivity index (χ1) is 6.90. The van der Waals surface area contributed by atoms with Gasteiger partial charge in [-0.15, -0.1) is 11.0 Å². The van der Waals surface area contributed by atoms with Crippen molar-refractivity contribution in [1.82, 2.24) is 14.6 Å². The zero-order valence-corrected chi connectivity index (χ0v) is 7.77. The Labute approximate surface area is 81.5 Å². The van der Waals surface area contributed by atoms with Crippen LogP contribution in [0.1, 0.15) is 6.92 Å². The van der Waals surface area contributed by atoms with Gasteiger partial charge in [-0.25, -0.2) is 9.50 Å². The van der Waals surface area contributed by atoms with Crippen LogP contribution in [0, 0.1) is 11.8 Å². The molecule has 2 heterocycles. The molecule has 0 saturated carbocycles. The van der Waals surface area contributed by atoms with E-state index < -0.39 is 0 Å². The fourth-order valence-corrected chi connectivity index (χ4v) is 1.06. The van der Waals surface area contributed by atoms with Gasteiger partial charge < -0.3 is 4.74 Å². The molecule has 2 rings (SSSR count). The lowest BCUT2D eigenvalue weighted by atomic mass is 10.5. The van der Waals surface area contributed by atoms with Gasteiger partial charge in [-0.3, -0.25) is 0 Å². The number of hydrogen-bond acceptors (Lipinski definition) is 3. The van der Waals surface area contributed by atoms with E-state index in [-0.39, 0.29) is 0 Å². The molecule has 0 bridgehead atoms. The van der Waals surface area contributed by atoms with E-state index in [1.54, 1.807) is 29.9 Å². The lowest BCUT2D eigenvalue weighted by Crippen LogP contribution is -1.99. The van der Waals surface area contributed by atoms with Crippen LogP contribution in [0.15, 0.2) is 24.5 Å². The van der Waals surface area contributed by atoms with Crippen molar-refractivity contribution in [3.63, 3.8) is 0 Å². The predicted octanol–water partition coefficient (Wildman–Crippen LogP) is 1.13. The summed E-state index contributed by atoms with van der Waals surface area (Å²) in [5.41, 5.74) is 0.805. The van der Waals surface area contributed by atoms with Crippen LogP contribution in [-0.4, -0.2) is 21.2 Å². The van der Waals surface area contributed by atoms with Crippen molar-refractivity contribution in [2.24, 2.45) is 0 Å². The third-order valence-corrected chi connectivity index (χ3v) is 1.70. The van der Waals surface area contributed by atoms with Gasteiger partial charge in [0.2, 0.25) is 5.88 Å². The molecular weight excluding hydrogens is 178 g/mol. The molecule has 0 aliphatic rings. The highest BCUT2D eigenvalue weighted by molar-refractivity contribution is 5.37. The van der Waals surface area contributed by atoms with Crippen molar-refractivity contribution in [1.29, 1.82) is 0 Å². The third kappa shape index (κ3) is 1.67. The molecule has 0 aromatic carbocycles. The number of fused-ring (bicyclic) bond motifs is 1. The summed E-state index contributed by atoms with van der Waals surface area (Å²) in [5, 5.41) is 4.17. The van der Waals surface area contributed by atoms with Crippen molar-refractivity contribution in [2.45, 2.75) is 6.92 Å². The van der Waals surface area contributed by atoms with Crippen LogP contribution in [0.2, 0.25) is 0 Å². The molecule has 0 fully saturated rings. The average Bonchev–Trinajstić information content (AvgIpc) is 2.65. The summed E-state index contributed by atoms with van der Waals surface area (Å²) < 4.78 is 6.95. The summed E-state index contributed by atoms with van der Waals surface area (Å²) in [5.74, 6) is 6.10. The Morgan fingerprint density at radius 2 is 2.43 bits per heavy atom. The van der Waals surface area contributed by atoms with Crippen LogP contribution in [0.25, 0.3) is 5.65 Å². The number of hydrogen-bond donors (Lipinski definition) is 0. The number of ether oxygens (including phenoxy) is 1. The van der Waals surface area contributed by atoms with Gasteiger partial charge in [-0.2, -0.15) is 0 Å². The molecule has 0 saturated heterocycles. The zero-order chi connectivity index (χ0) is 9.80. The number of nitrogens with zero attached hydrogens (tertiary/aromatic N) is 3. The SMILES string of the molecule is CC#CCOc1ccc2nccn2n1. The largest absolute Gasteiger partial charge is 0.463 e. The molecule has 14 heavy (non-hydrogen) atoms. The summed E-state index contributed by atoms with van der Waals surface area (Å²) in [4.78, 5) is 4.07. The molecule has 0 radical (unpaired) electrons. The van der Waals surface area contributed by atoms with Gasteiger partial charge in [-0.05, 0) is 13.0 Å². The van der Waals surface area contributed by atoms with E-state index in [2.05, 4.69) is 21.9 Å². The lowest BCUT2D eigenvalue weighted by Gasteiger charge is -2.00. The minimum absolute atomic E-state index is 0.365. The highest BCUT2D eigenvalue weighted by Crippen LogP contribution is 2.06. The van der Waals surface area contributed by atoms with Gasteiger partial charge in [0, 0.05) is 18.5 Å². The van der Waals surface area contributed by atoms with Crippen molar-refractivity contribution in [2.75, 3.05) is 6.61 Å². The van der Waals surface area contributed by atoms with Crippen molar-refractivity contribution in [3.05, 3.63) is 24.5 Å². The normalized spacial score (nSPS) is 9.50. The van der Waals surface area contributed by atoms with Crippen molar-refractivity contribution in [3.8, 4) is 17.7 Å². The van der Waals surface area contributed by atoms with E-state index >= 15 is 0 Å². The Bertz CT molecular complexity index is 493. The fourth-order valence-electron chi connectivity index (χ4n) is 1.06. The van der Waals surface area contributed by atoms with Crippen LogP contribution in [0.3, 0.4) is 0 Å². The first kappa shape index (κ1) is 8.57. The molecule has 4 heteroatoms. The molecule has 0 unspecified atom stereocenters. The molecule has 2 aromatic rings. The van der Waals surface area contributed by atoms with Gasteiger partial charge >= 0.3 is 0 Å². The molecule has 70 valence electrons. The number of aromatic nitrogens is 3. The van der Waals surface area contributed by atoms with Crippen LogP contribution < -0.4 is 4.74 Å². The van der Waals surface area contributed by atoms with Gasteiger partial charge in [0.05, 0.1) is 0 Å². The van der Waals surface area contributed by atoms with E-state index in [0.717, 1.165) is 5.65 Å². The zero-order valence-electron chi connectivity index (χ0n) is 7.77. The summed E-state index contributed by atoms with van der Waals surface area (Å²) >= 11 is 0. The second-order valence-corrected chi connectivity index (χ2v) is 2.62. The Hall–Kier alpha value is -2.02. The maximum Gasteiger partial charge on any atom is 0.232 e. The van der Waals surface area contributed by atoms with Crippen molar-refractivity contribution >= 4 is 5.65 Å². The molecule has 0 aliphatic carbocycles.